The van der Waals surface area contributed by atoms with Crippen LogP contribution in [-0.4, -0.2) is 21.9 Å². The summed E-state index contributed by atoms with van der Waals surface area (Å²) in [5.41, 5.74) is -3.78. The summed E-state index contributed by atoms with van der Waals surface area (Å²) < 4.78 is 39.9. The van der Waals surface area contributed by atoms with E-state index in [0.29, 0.717) is 25.0 Å². The van der Waals surface area contributed by atoms with Crippen molar-refractivity contribution >= 4 is 17.1 Å². The molecule has 1 saturated heterocycles. The van der Waals surface area contributed by atoms with Gasteiger partial charge in [-0.05, 0) is 12.8 Å². The minimum atomic E-state index is -4.93. The maximum Gasteiger partial charge on any atom is 0.418 e. The number of nitrogens with zero attached hydrogens (tertiary/aromatic N) is 3. The van der Waals surface area contributed by atoms with Crippen molar-refractivity contribution in [3.8, 4) is 0 Å². The van der Waals surface area contributed by atoms with Crippen LogP contribution >= 0.6 is 0 Å². The smallest absolute Gasteiger partial charge is 0.352 e. The molecule has 0 radical (unpaired) electrons. The third kappa shape index (κ3) is 2.49. The van der Waals surface area contributed by atoms with Crippen LogP contribution in [0.25, 0.3) is 0 Å². The highest BCUT2D eigenvalue weighted by atomic mass is 19.4. The summed E-state index contributed by atoms with van der Waals surface area (Å²) in [5.74, 6) is 0. The molecule has 0 bridgehead atoms. The number of fused-ring (bicyclic) bond motifs is 1. The number of halogens is 3. The number of rotatable bonds is 3. The minimum absolute atomic E-state index is 0.235. The van der Waals surface area contributed by atoms with E-state index in [0.717, 1.165) is 0 Å². The Balaban J connectivity index is 2.21. The number of hydrogen-bond donors (Lipinski definition) is 0. The van der Waals surface area contributed by atoms with Crippen molar-refractivity contribution in [2.45, 2.75) is 31.1 Å². The van der Waals surface area contributed by atoms with Crippen LogP contribution in [-0.2, 0) is 6.18 Å². The van der Waals surface area contributed by atoms with Gasteiger partial charge in [0.25, 0.3) is 11.4 Å². The van der Waals surface area contributed by atoms with E-state index in [1.165, 1.54) is 4.90 Å². The van der Waals surface area contributed by atoms with E-state index in [1.807, 2.05) is 6.08 Å². The van der Waals surface area contributed by atoms with Gasteiger partial charge in [0.05, 0.1) is 33.6 Å². The molecule has 10 heteroatoms. The average molecular weight is 329 g/mol. The van der Waals surface area contributed by atoms with Crippen molar-refractivity contribution in [2.75, 3.05) is 4.90 Å². The van der Waals surface area contributed by atoms with E-state index < -0.39 is 38.6 Å². The van der Waals surface area contributed by atoms with Gasteiger partial charge in [0, 0.05) is 6.07 Å². The SMILES string of the molecule is O=[N+]([O-])c1cc([N+](=O)[O-])c(N2C3C=CCCC32)c(C(F)(F)F)c1. The quantitative estimate of drug-likeness (QED) is 0.367. The Kier molecular flexibility index (Phi) is 3.27. The molecule has 23 heavy (non-hydrogen) atoms. The fraction of sp³-hybridized carbons (Fsp3) is 0.385. The third-order valence-corrected chi connectivity index (χ3v) is 3.99. The minimum Gasteiger partial charge on any atom is -0.352 e. The van der Waals surface area contributed by atoms with Crippen LogP contribution < -0.4 is 4.90 Å². The van der Waals surface area contributed by atoms with Crippen LogP contribution in [0, 0.1) is 20.2 Å². The lowest BCUT2D eigenvalue weighted by molar-refractivity contribution is -0.394. The third-order valence-electron chi connectivity index (χ3n) is 3.99. The second-order valence-electron chi connectivity index (χ2n) is 5.34. The first-order valence-corrected chi connectivity index (χ1v) is 6.71. The first-order chi connectivity index (χ1) is 10.7. The Labute approximate surface area is 127 Å². The van der Waals surface area contributed by atoms with Gasteiger partial charge in [-0.3, -0.25) is 20.2 Å². The molecule has 3 rings (SSSR count). The van der Waals surface area contributed by atoms with Crippen LogP contribution in [0.4, 0.5) is 30.2 Å². The topological polar surface area (TPSA) is 89.3 Å². The second kappa shape index (κ2) is 4.93. The summed E-state index contributed by atoms with van der Waals surface area (Å²) in [6, 6.07) is 0.376. The maximum atomic E-state index is 13.3. The summed E-state index contributed by atoms with van der Waals surface area (Å²) in [6.07, 6.45) is -0.140. The van der Waals surface area contributed by atoms with E-state index in [1.54, 1.807) is 6.08 Å². The van der Waals surface area contributed by atoms with Gasteiger partial charge >= 0.3 is 6.18 Å². The highest BCUT2D eigenvalue weighted by Crippen LogP contribution is 2.51. The lowest BCUT2D eigenvalue weighted by Gasteiger charge is -2.15. The molecule has 2 atom stereocenters. The van der Waals surface area contributed by atoms with Gasteiger partial charge in [-0.1, -0.05) is 12.2 Å². The summed E-state index contributed by atoms with van der Waals surface area (Å²) in [5, 5.41) is 22.0. The summed E-state index contributed by atoms with van der Waals surface area (Å²) in [6.45, 7) is 0. The van der Waals surface area contributed by atoms with E-state index >= 15 is 0 Å². The van der Waals surface area contributed by atoms with Crippen molar-refractivity contribution < 1.29 is 23.0 Å². The number of anilines is 1. The number of nitro benzene ring substituents is 2. The average Bonchev–Trinajstić information content (AvgIpc) is 3.18. The van der Waals surface area contributed by atoms with Gasteiger partial charge in [-0.25, -0.2) is 0 Å². The Hall–Kier alpha value is -2.65. The molecule has 1 aliphatic heterocycles. The van der Waals surface area contributed by atoms with Crippen molar-refractivity contribution in [2.24, 2.45) is 0 Å². The fourth-order valence-electron chi connectivity index (χ4n) is 2.99. The van der Waals surface area contributed by atoms with Crippen LogP contribution in [0.1, 0.15) is 18.4 Å². The predicted molar refractivity (Wildman–Crippen MR) is 73.2 cm³/mol. The molecule has 0 N–H and O–H groups in total. The molecule has 0 saturated carbocycles. The highest BCUT2D eigenvalue weighted by Gasteiger charge is 2.53. The number of alkyl halides is 3. The largest absolute Gasteiger partial charge is 0.418 e. The number of allylic oxidation sites excluding steroid dienone is 1. The molecule has 1 aliphatic carbocycles. The standard InChI is InChI=1S/C13H10F3N3O4/c14-13(15,16)8-5-7(18(20)21)6-11(19(22)23)12(8)17-9-3-1-2-4-10(9)17/h1,3,5-6,9-10H,2,4H2. The monoisotopic (exact) mass is 329 g/mol. The van der Waals surface area contributed by atoms with Gasteiger partial charge in [0.1, 0.15) is 5.69 Å². The van der Waals surface area contributed by atoms with Crippen molar-refractivity contribution in [1.29, 1.82) is 0 Å². The normalized spacial score (nSPS) is 22.7. The number of hydrogen-bond acceptors (Lipinski definition) is 5. The molecule has 2 unspecified atom stereocenters. The summed E-state index contributed by atoms with van der Waals surface area (Å²) in [7, 11) is 0. The summed E-state index contributed by atoms with van der Waals surface area (Å²) >= 11 is 0. The van der Waals surface area contributed by atoms with Gasteiger partial charge in [-0.15, -0.1) is 0 Å². The molecular weight excluding hydrogens is 319 g/mol. The number of benzene rings is 1. The van der Waals surface area contributed by atoms with Crippen molar-refractivity contribution in [1.82, 2.24) is 0 Å². The van der Waals surface area contributed by atoms with E-state index in [9.17, 15) is 33.4 Å². The molecule has 122 valence electrons. The lowest BCUT2D eigenvalue weighted by atomic mass is 10.1. The lowest BCUT2D eigenvalue weighted by Crippen LogP contribution is -2.14. The molecule has 1 aromatic rings. The zero-order valence-electron chi connectivity index (χ0n) is 11.5. The van der Waals surface area contributed by atoms with Gasteiger partial charge < -0.3 is 4.90 Å². The molecular formula is C13H10F3N3O4. The molecule has 2 aliphatic rings. The predicted octanol–water partition coefficient (Wildman–Crippen LogP) is 3.43. The Morgan fingerprint density at radius 2 is 1.87 bits per heavy atom. The van der Waals surface area contributed by atoms with E-state index in [2.05, 4.69) is 0 Å². The van der Waals surface area contributed by atoms with Crippen molar-refractivity contribution in [3.63, 3.8) is 0 Å². The van der Waals surface area contributed by atoms with Crippen molar-refractivity contribution in [3.05, 3.63) is 50.1 Å². The molecule has 0 amide bonds. The molecule has 1 aromatic carbocycles. The summed E-state index contributed by atoms with van der Waals surface area (Å²) in [4.78, 5) is 21.2. The van der Waals surface area contributed by atoms with E-state index in [4.69, 9.17) is 0 Å². The Morgan fingerprint density at radius 3 is 2.35 bits per heavy atom. The Morgan fingerprint density at radius 1 is 1.17 bits per heavy atom. The maximum absolute atomic E-state index is 13.3. The molecule has 0 aromatic heterocycles. The molecule has 1 fully saturated rings. The number of non-ortho nitro benzene ring substituents is 1. The molecule has 7 nitrogen and oxygen atoms in total. The van der Waals surface area contributed by atoms with Gasteiger partial charge in [0.2, 0.25) is 0 Å². The Bertz CT molecular complexity index is 732. The van der Waals surface area contributed by atoms with Crippen LogP contribution in [0.5, 0.6) is 0 Å². The van der Waals surface area contributed by atoms with Gasteiger partial charge in [0.15, 0.2) is 0 Å². The second-order valence-corrected chi connectivity index (χ2v) is 5.34. The molecule has 0 spiro atoms. The zero-order chi connectivity index (χ0) is 16.9. The highest BCUT2D eigenvalue weighted by molar-refractivity contribution is 5.77. The van der Waals surface area contributed by atoms with Crippen LogP contribution in [0.15, 0.2) is 24.3 Å². The van der Waals surface area contributed by atoms with E-state index in [-0.39, 0.29) is 12.1 Å². The van der Waals surface area contributed by atoms with Gasteiger partial charge in [-0.2, -0.15) is 13.2 Å². The first-order valence-electron chi connectivity index (χ1n) is 6.71. The number of nitro groups is 2. The van der Waals surface area contributed by atoms with Crippen LogP contribution in [0.2, 0.25) is 0 Å². The van der Waals surface area contributed by atoms with Crippen LogP contribution in [0.3, 0.4) is 0 Å². The zero-order valence-corrected chi connectivity index (χ0v) is 11.5. The first kappa shape index (κ1) is 15.3. The fourth-order valence-corrected chi connectivity index (χ4v) is 2.99. The molecule has 1 heterocycles.